The third kappa shape index (κ3) is 4.17. The van der Waals surface area contributed by atoms with E-state index >= 15 is 0 Å². The molecule has 4 heteroatoms. The molecule has 0 radical (unpaired) electrons. The first-order valence-electron chi connectivity index (χ1n) is 8.40. The third-order valence-electron chi connectivity index (χ3n) is 4.67. The highest BCUT2D eigenvalue weighted by atomic mass is 16.4. The molecule has 0 aromatic heterocycles. The van der Waals surface area contributed by atoms with Gasteiger partial charge >= 0.3 is 5.97 Å². The Kier molecular flexibility index (Phi) is 7.03. The Labute approximate surface area is 144 Å². The average molecular weight is 329 g/mol. The van der Waals surface area contributed by atoms with Crippen LogP contribution < -0.4 is 0 Å². The van der Waals surface area contributed by atoms with Crippen LogP contribution in [0.1, 0.15) is 61.0 Å². The topological polar surface area (TPSA) is 57.6 Å². The fraction of sp³-hybridized carbons (Fsp3) is 0.500. The number of carbonyl (C=O) groups is 2. The molecule has 0 unspecified atom stereocenters. The molecule has 1 aromatic rings. The second kappa shape index (κ2) is 8.54. The molecule has 4 nitrogen and oxygen atoms in total. The highest BCUT2D eigenvalue weighted by Gasteiger charge is 2.36. The molecule has 24 heavy (non-hydrogen) atoms. The zero-order valence-corrected chi connectivity index (χ0v) is 15.1. The first kappa shape index (κ1) is 19.8. The Morgan fingerprint density at radius 1 is 1.21 bits per heavy atom. The largest absolute Gasteiger partial charge is 0.481 e. The number of carboxylic acid groups (broad SMARTS) is 1. The van der Waals surface area contributed by atoms with E-state index in [1.165, 1.54) is 0 Å². The number of amides is 1. The molecule has 0 saturated carbocycles. The van der Waals surface area contributed by atoms with E-state index in [1.54, 1.807) is 4.90 Å². The summed E-state index contributed by atoms with van der Waals surface area (Å²) in [6.45, 7) is 8.08. The van der Waals surface area contributed by atoms with Gasteiger partial charge in [-0.3, -0.25) is 9.59 Å². The summed E-state index contributed by atoms with van der Waals surface area (Å²) in [5.41, 5.74) is 1.78. The fourth-order valence-corrected chi connectivity index (χ4v) is 3.10. The van der Waals surface area contributed by atoms with E-state index in [1.807, 2.05) is 45.9 Å². The molecule has 1 rings (SSSR count). The number of carbonyl (C=O) groups excluding carboxylic acids is 1. The van der Waals surface area contributed by atoms with Crippen molar-refractivity contribution in [3.63, 3.8) is 0 Å². The second-order valence-electron chi connectivity index (χ2n) is 6.10. The molecule has 1 N–H and O–H groups in total. The highest BCUT2D eigenvalue weighted by Crippen LogP contribution is 2.28. The molecule has 0 aliphatic heterocycles. The summed E-state index contributed by atoms with van der Waals surface area (Å²) in [4.78, 5) is 25.8. The normalized spacial score (nSPS) is 11.0. The molecule has 0 aliphatic rings. The maximum absolute atomic E-state index is 13.3. The number of carboxylic acids is 1. The quantitative estimate of drug-likeness (QED) is 0.738. The molecule has 0 atom stereocenters. The van der Waals surface area contributed by atoms with Crippen molar-refractivity contribution in [2.45, 2.75) is 58.9 Å². The maximum Gasteiger partial charge on any atom is 0.303 e. The van der Waals surface area contributed by atoms with Gasteiger partial charge in [-0.25, -0.2) is 0 Å². The fourth-order valence-electron chi connectivity index (χ4n) is 3.10. The van der Waals surface area contributed by atoms with E-state index in [2.05, 4.69) is 5.92 Å². The predicted octanol–water partition coefficient (Wildman–Crippen LogP) is 3.80. The standard InChI is InChI=1S/C20H27NO3/c1-6-20(7-2,8-3)21(14-10-13-17(22)23)19(24)18-15(4)11-9-12-16(18)5/h1,9,11-12H,7-8,10,13-14H2,2-5H3,(H,22,23). The van der Waals surface area contributed by atoms with Crippen molar-refractivity contribution in [2.24, 2.45) is 0 Å². The minimum Gasteiger partial charge on any atom is -0.481 e. The van der Waals surface area contributed by atoms with Crippen LogP contribution >= 0.6 is 0 Å². The zero-order valence-electron chi connectivity index (χ0n) is 15.1. The molecule has 0 aliphatic carbocycles. The Hall–Kier alpha value is -2.28. The molecule has 0 saturated heterocycles. The van der Waals surface area contributed by atoms with Gasteiger partial charge in [0, 0.05) is 18.5 Å². The Balaban J connectivity index is 3.28. The number of benzene rings is 1. The molecule has 130 valence electrons. The number of nitrogens with zero attached hydrogens (tertiary/aromatic N) is 1. The van der Waals surface area contributed by atoms with Crippen LogP contribution in [0, 0.1) is 26.2 Å². The van der Waals surface area contributed by atoms with Gasteiger partial charge in [-0.1, -0.05) is 38.0 Å². The van der Waals surface area contributed by atoms with Crippen LogP contribution in [0.2, 0.25) is 0 Å². The van der Waals surface area contributed by atoms with Gasteiger partial charge in [-0.15, -0.1) is 6.42 Å². The maximum atomic E-state index is 13.3. The molecule has 1 aromatic carbocycles. The summed E-state index contributed by atoms with van der Waals surface area (Å²) in [5.74, 6) is 1.82. The van der Waals surface area contributed by atoms with Gasteiger partial charge in [0.05, 0.1) is 0 Å². The number of rotatable bonds is 8. The van der Waals surface area contributed by atoms with Crippen LogP contribution in [0.25, 0.3) is 0 Å². The Morgan fingerprint density at radius 3 is 2.17 bits per heavy atom. The molecule has 0 fully saturated rings. The lowest BCUT2D eigenvalue weighted by Crippen LogP contribution is -2.51. The van der Waals surface area contributed by atoms with Crippen LogP contribution in [-0.2, 0) is 4.79 Å². The second-order valence-corrected chi connectivity index (χ2v) is 6.10. The number of hydrogen-bond acceptors (Lipinski definition) is 2. The van der Waals surface area contributed by atoms with E-state index in [0.29, 0.717) is 31.4 Å². The highest BCUT2D eigenvalue weighted by molar-refractivity contribution is 5.97. The molecule has 0 bridgehead atoms. The lowest BCUT2D eigenvalue weighted by Gasteiger charge is -2.40. The molecule has 1 amide bonds. The van der Waals surface area contributed by atoms with Gasteiger partial charge in [-0.2, -0.15) is 0 Å². The molecule has 0 heterocycles. The smallest absolute Gasteiger partial charge is 0.303 e. The van der Waals surface area contributed by atoms with Crippen molar-refractivity contribution in [2.75, 3.05) is 6.54 Å². The van der Waals surface area contributed by atoms with Crippen LogP contribution in [-0.4, -0.2) is 34.0 Å². The van der Waals surface area contributed by atoms with Crippen molar-refractivity contribution < 1.29 is 14.7 Å². The van der Waals surface area contributed by atoms with Gasteiger partial charge in [0.25, 0.3) is 5.91 Å². The molecular weight excluding hydrogens is 302 g/mol. The minimum atomic E-state index is -0.867. The van der Waals surface area contributed by atoms with E-state index in [0.717, 1.165) is 11.1 Å². The monoisotopic (exact) mass is 329 g/mol. The van der Waals surface area contributed by atoms with Crippen molar-refractivity contribution in [1.29, 1.82) is 0 Å². The van der Waals surface area contributed by atoms with E-state index in [9.17, 15) is 9.59 Å². The summed E-state index contributed by atoms with van der Waals surface area (Å²) < 4.78 is 0. The van der Waals surface area contributed by atoms with Gasteiger partial charge in [0.1, 0.15) is 5.54 Å². The van der Waals surface area contributed by atoms with Crippen LogP contribution in [0.15, 0.2) is 18.2 Å². The van der Waals surface area contributed by atoms with Crippen molar-refractivity contribution in [3.05, 3.63) is 34.9 Å². The summed E-state index contributed by atoms with van der Waals surface area (Å²) in [6, 6.07) is 5.74. The van der Waals surface area contributed by atoms with Crippen LogP contribution in [0.3, 0.4) is 0 Å². The summed E-state index contributed by atoms with van der Waals surface area (Å²) in [5, 5.41) is 8.90. The number of hydrogen-bond donors (Lipinski definition) is 1. The third-order valence-corrected chi connectivity index (χ3v) is 4.67. The summed E-state index contributed by atoms with van der Waals surface area (Å²) in [6.07, 6.45) is 7.45. The van der Waals surface area contributed by atoms with Crippen molar-refractivity contribution in [1.82, 2.24) is 4.90 Å². The van der Waals surface area contributed by atoms with Gasteiger partial charge in [-0.05, 0) is 44.2 Å². The SMILES string of the molecule is C#CC(CC)(CC)N(CCCC(=O)O)C(=O)c1c(C)cccc1C. The van der Waals surface area contributed by atoms with Crippen LogP contribution in [0.5, 0.6) is 0 Å². The summed E-state index contributed by atoms with van der Waals surface area (Å²) >= 11 is 0. The Bertz CT molecular complexity index is 619. The zero-order chi connectivity index (χ0) is 18.3. The number of aryl methyl sites for hydroxylation is 2. The number of aliphatic carboxylic acids is 1. The predicted molar refractivity (Wildman–Crippen MR) is 96.0 cm³/mol. The van der Waals surface area contributed by atoms with Crippen LogP contribution in [0.4, 0.5) is 0 Å². The Morgan fingerprint density at radius 2 is 1.75 bits per heavy atom. The average Bonchev–Trinajstić information content (AvgIpc) is 2.54. The van der Waals surface area contributed by atoms with E-state index in [4.69, 9.17) is 11.5 Å². The summed E-state index contributed by atoms with van der Waals surface area (Å²) in [7, 11) is 0. The van der Waals surface area contributed by atoms with Crippen molar-refractivity contribution in [3.8, 4) is 12.3 Å². The number of terminal acetylenes is 1. The lowest BCUT2D eigenvalue weighted by atomic mass is 9.89. The van der Waals surface area contributed by atoms with Gasteiger partial charge < -0.3 is 10.0 Å². The minimum absolute atomic E-state index is 0.0185. The van der Waals surface area contributed by atoms with Crippen molar-refractivity contribution >= 4 is 11.9 Å². The van der Waals surface area contributed by atoms with Gasteiger partial charge in [0.2, 0.25) is 0 Å². The van der Waals surface area contributed by atoms with E-state index in [-0.39, 0.29) is 12.3 Å². The first-order chi connectivity index (χ1) is 11.3. The lowest BCUT2D eigenvalue weighted by molar-refractivity contribution is -0.137. The van der Waals surface area contributed by atoms with Gasteiger partial charge in [0.15, 0.2) is 0 Å². The van der Waals surface area contributed by atoms with E-state index < -0.39 is 11.5 Å². The first-order valence-corrected chi connectivity index (χ1v) is 8.40. The molecule has 0 spiro atoms. The molecular formula is C20H27NO3.